The fourth-order valence-corrected chi connectivity index (χ4v) is 3.07. The molecule has 0 aliphatic rings. The van der Waals surface area contributed by atoms with Gasteiger partial charge in [0.25, 0.3) is 0 Å². The van der Waals surface area contributed by atoms with Crippen molar-refractivity contribution in [3.8, 4) is 11.5 Å². The number of likely N-dealkylation sites (N-methyl/N-ethyl adjacent to an activating group) is 1. The normalized spacial score (nSPS) is 12.4. The van der Waals surface area contributed by atoms with Gasteiger partial charge < -0.3 is 24.8 Å². The lowest BCUT2D eigenvalue weighted by atomic mass is 10.1. The van der Waals surface area contributed by atoms with Crippen LogP contribution in [0, 0.1) is 6.92 Å². The Morgan fingerprint density at radius 1 is 1.10 bits per heavy atom. The Hall–Kier alpha value is -2.08. The Labute approximate surface area is 175 Å². The molecule has 29 heavy (non-hydrogen) atoms. The minimum Gasteiger partial charge on any atom is -0.493 e. The lowest BCUT2D eigenvalue weighted by Crippen LogP contribution is -2.36. The lowest BCUT2D eigenvalue weighted by molar-refractivity contribution is 0.0668. The predicted octanol–water partition coefficient (Wildman–Crippen LogP) is 3.42. The molecule has 0 aliphatic carbocycles. The number of methoxy groups -OCH3 is 1. The summed E-state index contributed by atoms with van der Waals surface area (Å²) in [6.45, 7) is 8.85. The molecule has 0 aromatic heterocycles. The topological polar surface area (TPSA) is 54.0 Å². The van der Waals surface area contributed by atoms with Gasteiger partial charge in [-0.25, -0.2) is 0 Å². The molecule has 0 amide bonds. The fourth-order valence-electron chi connectivity index (χ4n) is 3.07. The first-order valence-corrected chi connectivity index (χ1v) is 10.3. The number of aryl methyl sites for hydroxylation is 1. The molecule has 0 heterocycles. The Balaban J connectivity index is 1.82. The molecule has 2 N–H and O–H groups in total. The number of rotatable bonds is 12. The van der Waals surface area contributed by atoms with E-state index in [4.69, 9.17) is 9.47 Å². The van der Waals surface area contributed by atoms with Crippen molar-refractivity contribution in [1.29, 1.82) is 0 Å². The van der Waals surface area contributed by atoms with Gasteiger partial charge in [-0.2, -0.15) is 0 Å². The number of hydrogen-bond acceptors (Lipinski definition) is 5. The third-order valence-corrected chi connectivity index (χ3v) is 5.20. The third kappa shape index (κ3) is 7.69. The molecule has 1 atom stereocenters. The van der Waals surface area contributed by atoms with Crippen molar-refractivity contribution < 1.29 is 14.6 Å². The summed E-state index contributed by atoms with van der Waals surface area (Å²) in [6.07, 6.45) is 0.461. The zero-order chi connectivity index (χ0) is 21.2. The second-order valence-electron chi connectivity index (χ2n) is 7.84. The quantitative estimate of drug-likeness (QED) is 0.535. The Morgan fingerprint density at radius 3 is 2.55 bits per heavy atom. The second kappa shape index (κ2) is 11.8. The first kappa shape index (κ1) is 23.2. The summed E-state index contributed by atoms with van der Waals surface area (Å²) in [5.41, 5.74) is 3.85. The average molecular weight is 401 g/mol. The predicted molar refractivity (Wildman–Crippen MR) is 119 cm³/mol. The van der Waals surface area contributed by atoms with E-state index >= 15 is 0 Å². The van der Waals surface area contributed by atoms with E-state index in [1.165, 1.54) is 11.1 Å². The van der Waals surface area contributed by atoms with Crippen LogP contribution in [0.4, 0.5) is 0 Å². The van der Waals surface area contributed by atoms with E-state index in [1.807, 2.05) is 25.2 Å². The molecule has 0 saturated heterocycles. The molecule has 5 heteroatoms. The van der Waals surface area contributed by atoms with Crippen LogP contribution in [0.1, 0.15) is 30.5 Å². The molecule has 0 bridgehead atoms. The zero-order valence-electron chi connectivity index (χ0n) is 18.4. The summed E-state index contributed by atoms with van der Waals surface area (Å²) >= 11 is 0. The fraction of sp³-hybridized carbons (Fsp3) is 0.500. The number of aliphatic hydroxyl groups is 1. The van der Waals surface area contributed by atoms with Crippen LogP contribution in [0.3, 0.4) is 0 Å². The van der Waals surface area contributed by atoms with Crippen LogP contribution in [-0.4, -0.2) is 56.0 Å². The molecular weight excluding hydrogens is 364 g/mol. The SMILES string of the molecule is COc1cc(CNCCc2ccccc2C)ccc1OC[C@H](O)CN(C)C(C)C. The summed E-state index contributed by atoms with van der Waals surface area (Å²) in [4.78, 5) is 2.09. The van der Waals surface area contributed by atoms with Crippen molar-refractivity contribution in [3.63, 3.8) is 0 Å². The van der Waals surface area contributed by atoms with Crippen molar-refractivity contribution in [2.24, 2.45) is 0 Å². The van der Waals surface area contributed by atoms with Crippen LogP contribution in [0.15, 0.2) is 42.5 Å². The summed E-state index contributed by atoms with van der Waals surface area (Å²) in [5.74, 6) is 1.34. The summed E-state index contributed by atoms with van der Waals surface area (Å²) in [7, 11) is 3.63. The van der Waals surface area contributed by atoms with Gasteiger partial charge in [-0.3, -0.25) is 0 Å². The minimum atomic E-state index is -0.546. The van der Waals surface area contributed by atoms with E-state index in [9.17, 15) is 5.11 Å². The number of ether oxygens (including phenoxy) is 2. The highest BCUT2D eigenvalue weighted by Crippen LogP contribution is 2.28. The molecular formula is C24H36N2O3. The van der Waals surface area contributed by atoms with Crippen LogP contribution in [0.25, 0.3) is 0 Å². The highest BCUT2D eigenvalue weighted by Gasteiger charge is 2.13. The Kier molecular flexibility index (Phi) is 9.45. The molecule has 0 spiro atoms. The van der Waals surface area contributed by atoms with Crippen molar-refractivity contribution >= 4 is 0 Å². The molecule has 2 aromatic rings. The van der Waals surface area contributed by atoms with Gasteiger partial charge in [0.1, 0.15) is 12.7 Å². The maximum Gasteiger partial charge on any atom is 0.161 e. The first-order valence-electron chi connectivity index (χ1n) is 10.3. The van der Waals surface area contributed by atoms with Crippen LogP contribution in [0.2, 0.25) is 0 Å². The maximum atomic E-state index is 10.2. The van der Waals surface area contributed by atoms with E-state index < -0.39 is 6.10 Å². The molecule has 0 fully saturated rings. The number of benzene rings is 2. The maximum absolute atomic E-state index is 10.2. The van der Waals surface area contributed by atoms with Gasteiger partial charge in [0.15, 0.2) is 11.5 Å². The van der Waals surface area contributed by atoms with Crippen LogP contribution in [-0.2, 0) is 13.0 Å². The molecule has 2 rings (SSSR count). The molecule has 0 aliphatic heterocycles. The van der Waals surface area contributed by atoms with E-state index in [0.717, 1.165) is 25.1 Å². The molecule has 0 radical (unpaired) electrons. The summed E-state index contributed by atoms with van der Waals surface area (Å²) < 4.78 is 11.3. The largest absolute Gasteiger partial charge is 0.493 e. The van der Waals surface area contributed by atoms with E-state index in [2.05, 4.69) is 55.3 Å². The third-order valence-electron chi connectivity index (χ3n) is 5.20. The lowest BCUT2D eigenvalue weighted by Gasteiger charge is -2.24. The molecule has 2 aromatic carbocycles. The highest BCUT2D eigenvalue weighted by molar-refractivity contribution is 5.43. The summed E-state index contributed by atoms with van der Waals surface area (Å²) in [5, 5.41) is 13.7. The van der Waals surface area contributed by atoms with Gasteiger partial charge >= 0.3 is 0 Å². The molecule has 0 unspecified atom stereocenters. The van der Waals surface area contributed by atoms with Gasteiger partial charge in [0.2, 0.25) is 0 Å². The smallest absolute Gasteiger partial charge is 0.161 e. The second-order valence-corrected chi connectivity index (χ2v) is 7.84. The van der Waals surface area contributed by atoms with Gasteiger partial charge in [0.05, 0.1) is 7.11 Å². The van der Waals surface area contributed by atoms with Crippen molar-refractivity contribution in [2.45, 2.75) is 45.9 Å². The van der Waals surface area contributed by atoms with E-state index in [-0.39, 0.29) is 6.61 Å². The average Bonchev–Trinajstić information content (AvgIpc) is 2.71. The zero-order valence-corrected chi connectivity index (χ0v) is 18.4. The molecule has 0 saturated carbocycles. The van der Waals surface area contributed by atoms with E-state index in [1.54, 1.807) is 7.11 Å². The first-order chi connectivity index (χ1) is 13.9. The molecule has 5 nitrogen and oxygen atoms in total. The minimum absolute atomic E-state index is 0.238. The number of hydrogen-bond donors (Lipinski definition) is 2. The standard InChI is InChI=1S/C24H36N2O3/c1-18(2)26(4)16-22(27)17-29-23-11-10-20(14-24(23)28-5)15-25-13-12-21-9-7-6-8-19(21)3/h6-11,14,18,22,25,27H,12-13,15-17H2,1-5H3/t22-/m1/s1. The van der Waals surface area contributed by atoms with Crippen LogP contribution < -0.4 is 14.8 Å². The van der Waals surface area contributed by atoms with E-state index in [0.29, 0.717) is 24.1 Å². The number of nitrogens with one attached hydrogen (secondary N) is 1. The van der Waals surface area contributed by atoms with Crippen molar-refractivity contribution in [3.05, 3.63) is 59.2 Å². The van der Waals surface area contributed by atoms with Gasteiger partial charge in [-0.1, -0.05) is 30.3 Å². The van der Waals surface area contributed by atoms with Gasteiger partial charge in [-0.15, -0.1) is 0 Å². The van der Waals surface area contributed by atoms with Gasteiger partial charge in [0, 0.05) is 19.1 Å². The summed E-state index contributed by atoms with van der Waals surface area (Å²) in [6, 6.07) is 14.8. The monoisotopic (exact) mass is 400 g/mol. The Morgan fingerprint density at radius 2 is 1.86 bits per heavy atom. The highest BCUT2D eigenvalue weighted by atomic mass is 16.5. The number of aliphatic hydroxyl groups excluding tert-OH is 1. The van der Waals surface area contributed by atoms with Crippen molar-refractivity contribution in [1.82, 2.24) is 10.2 Å². The van der Waals surface area contributed by atoms with Gasteiger partial charge in [-0.05, 0) is 69.6 Å². The number of nitrogens with zero attached hydrogens (tertiary/aromatic N) is 1. The van der Waals surface area contributed by atoms with Crippen LogP contribution >= 0.6 is 0 Å². The van der Waals surface area contributed by atoms with Crippen molar-refractivity contribution in [2.75, 3.05) is 33.9 Å². The molecule has 160 valence electrons. The Bertz CT molecular complexity index is 749. The van der Waals surface area contributed by atoms with Crippen LogP contribution in [0.5, 0.6) is 11.5 Å².